The Balaban J connectivity index is 2.70. The molecule has 0 bridgehead atoms. The fourth-order valence-corrected chi connectivity index (χ4v) is 2.13. The third kappa shape index (κ3) is 4.38. The van der Waals surface area contributed by atoms with E-state index in [-0.39, 0.29) is 6.04 Å². The first-order valence-electron chi connectivity index (χ1n) is 6.82. The molecular formula is C13H26N4O. The monoisotopic (exact) mass is 254 g/mol. The van der Waals surface area contributed by atoms with E-state index < -0.39 is 0 Å². The standard InChI is InChI=1S/C13H26N4O/c1-5-7-10(8-6-2)13-15-12(16-18-13)11(14)9-17(3)4/h10-11H,5-9,14H2,1-4H3. The van der Waals surface area contributed by atoms with Crippen molar-refractivity contribution in [2.24, 2.45) is 5.73 Å². The first kappa shape index (κ1) is 15.1. The Kier molecular flexibility index (Phi) is 6.29. The number of nitrogens with two attached hydrogens (primary N) is 1. The van der Waals surface area contributed by atoms with Crippen LogP contribution in [0.15, 0.2) is 4.52 Å². The summed E-state index contributed by atoms with van der Waals surface area (Å²) in [6, 6.07) is -0.179. The highest BCUT2D eigenvalue weighted by Crippen LogP contribution is 2.25. The molecule has 0 saturated carbocycles. The van der Waals surface area contributed by atoms with Crippen LogP contribution in [0.25, 0.3) is 0 Å². The zero-order chi connectivity index (χ0) is 13.5. The van der Waals surface area contributed by atoms with Crippen LogP contribution in [0.2, 0.25) is 0 Å². The Morgan fingerprint density at radius 3 is 2.33 bits per heavy atom. The van der Waals surface area contributed by atoms with Crippen molar-refractivity contribution in [2.45, 2.75) is 51.5 Å². The summed E-state index contributed by atoms with van der Waals surface area (Å²) in [5.41, 5.74) is 6.03. The van der Waals surface area contributed by atoms with Gasteiger partial charge in [0.2, 0.25) is 5.89 Å². The minimum atomic E-state index is -0.179. The van der Waals surface area contributed by atoms with Crippen LogP contribution in [0.1, 0.15) is 63.2 Å². The van der Waals surface area contributed by atoms with E-state index in [0.717, 1.165) is 38.1 Å². The molecule has 0 aliphatic heterocycles. The second kappa shape index (κ2) is 7.48. The predicted molar refractivity (Wildman–Crippen MR) is 72.3 cm³/mol. The van der Waals surface area contributed by atoms with E-state index in [1.807, 2.05) is 19.0 Å². The SMILES string of the molecule is CCCC(CCC)c1nc(C(N)CN(C)C)no1. The van der Waals surface area contributed by atoms with Crippen LogP contribution in [0, 0.1) is 0 Å². The quantitative estimate of drug-likeness (QED) is 0.771. The van der Waals surface area contributed by atoms with E-state index in [4.69, 9.17) is 10.3 Å². The lowest BCUT2D eigenvalue weighted by molar-refractivity contribution is 0.325. The lowest BCUT2D eigenvalue weighted by Gasteiger charge is -2.13. The molecule has 104 valence electrons. The van der Waals surface area contributed by atoms with Crippen molar-refractivity contribution in [3.8, 4) is 0 Å². The van der Waals surface area contributed by atoms with Crippen molar-refractivity contribution in [1.29, 1.82) is 0 Å². The van der Waals surface area contributed by atoms with Crippen molar-refractivity contribution < 1.29 is 4.52 Å². The maximum Gasteiger partial charge on any atom is 0.229 e. The molecule has 2 N–H and O–H groups in total. The molecule has 18 heavy (non-hydrogen) atoms. The van der Waals surface area contributed by atoms with Crippen molar-refractivity contribution in [3.63, 3.8) is 0 Å². The van der Waals surface area contributed by atoms with E-state index in [1.165, 1.54) is 0 Å². The molecule has 0 aliphatic carbocycles. The molecule has 0 spiro atoms. The third-order valence-electron chi connectivity index (χ3n) is 2.97. The molecule has 1 aromatic heterocycles. The molecule has 0 radical (unpaired) electrons. The third-order valence-corrected chi connectivity index (χ3v) is 2.97. The van der Waals surface area contributed by atoms with Gasteiger partial charge in [-0.05, 0) is 26.9 Å². The van der Waals surface area contributed by atoms with E-state index in [1.54, 1.807) is 0 Å². The largest absolute Gasteiger partial charge is 0.339 e. The molecule has 0 fully saturated rings. The average Bonchev–Trinajstić information content (AvgIpc) is 2.77. The van der Waals surface area contributed by atoms with Crippen LogP contribution < -0.4 is 5.73 Å². The summed E-state index contributed by atoms with van der Waals surface area (Å²) in [6.07, 6.45) is 4.45. The van der Waals surface area contributed by atoms with Crippen molar-refractivity contribution in [1.82, 2.24) is 15.0 Å². The lowest BCUT2D eigenvalue weighted by atomic mass is 9.98. The number of aromatic nitrogens is 2. The summed E-state index contributed by atoms with van der Waals surface area (Å²) in [4.78, 5) is 6.50. The Morgan fingerprint density at radius 2 is 1.83 bits per heavy atom. The molecule has 1 aromatic rings. The molecule has 5 nitrogen and oxygen atoms in total. The fourth-order valence-electron chi connectivity index (χ4n) is 2.13. The van der Waals surface area contributed by atoms with Crippen LogP contribution in [0.4, 0.5) is 0 Å². The van der Waals surface area contributed by atoms with Gasteiger partial charge in [-0.2, -0.15) is 4.98 Å². The van der Waals surface area contributed by atoms with Crippen LogP contribution in [0.3, 0.4) is 0 Å². The molecule has 0 aromatic carbocycles. The minimum Gasteiger partial charge on any atom is -0.339 e. The summed E-state index contributed by atoms with van der Waals surface area (Å²) < 4.78 is 5.37. The zero-order valence-electron chi connectivity index (χ0n) is 12.0. The molecule has 1 heterocycles. The van der Waals surface area contributed by atoms with Gasteiger partial charge in [-0.1, -0.05) is 31.8 Å². The molecule has 5 heteroatoms. The number of nitrogens with zero attached hydrogens (tertiary/aromatic N) is 3. The topological polar surface area (TPSA) is 68.2 Å². The van der Waals surface area contributed by atoms with Crippen LogP contribution in [-0.2, 0) is 0 Å². The molecule has 1 rings (SSSR count). The number of hydrogen-bond donors (Lipinski definition) is 1. The predicted octanol–water partition coefficient (Wildman–Crippen LogP) is 2.31. The summed E-state index contributed by atoms with van der Waals surface area (Å²) in [6.45, 7) is 5.08. The number of hydrogen-bond acceptors (Lipinski definition) is 5. The summed E-state index contributed by atoms with van der Waals surface area (Å²) in [5.74, 6) is 1.76. The molecule has 0 aliphatic rings. The minimum absolute atomic E-state index is 0.179. The normalized spacial score (nSPS) is 13.5. The van der Waals surface area contributed by atoms with Gasteiger partial charge < -0.3 is 15.2 Å². The van der Waals surface area contributed by atoms with E-state index >= 15 is 0 Å². The van der Waals surface area contributed by atoms with Crippen molar-refractivity contribution in [2.75, 3.05) is 20.6 Å². The molecule has 1 atom stereocenters. The van der Waals surface area contributed by atoms with Crippen LogP contribution in [-0.4, -0.2) is 35.7 Å². The van der Waals surface area contributed by atoms with Crippen LogP contribution in [0.5, 0.6) is 0 Å². The zero-order valence-corrected chi connectivity index (χ0v) is 12.0. The highest BCUT2D eigenvalue weighted by Gasteiger charge is 2.20. The van der Waals surface area contributed by atoms with Gasteiger partial charge in [-0.25, -0.2) is 0 Å². The van der Waals surface area contributed by atoms with E-state index in [0.29, 0.717) is 11.7 Å². The van der Waals surface area contributed by atoms with Gasteiger partial charge in [0.15, 0.2) is 5.82 Å². The van der Waals surface area contributed by atoms with E-state index in [2.05, 4.69) is 24.0 Å². The van der Waals surface area contributed by atoms with Gasteiger partial charge in [0.25, 0.3) is 0 Å². The number of likely N-dealkylation sites (N-methyl/N-ethyl adjacent to an activating group) is 1. The average molecular weight is 254 g/mol. The Morgan fingerprint density at radius 1 is 1.22 bits per heavy atom. The molecule has 0 saturated heterocycles. The Hall–Kier alpha value is -0.940. The van der Waals surface area contributed by atoms with Gasteiger partial charge in [-0.15, -0.1) is 0 Å². The van der Waals surface area contributed by atoms with Crippen LogP contribution >= 0.6 is 0 Å². The van der Waals surface area contributed by atoms with Gasteiger partial charge in [0.05, 0.1) is 6.04 Å². The summed E-state index contributed by atoms with van der Waals surface area (Å²) in [7, 11) is 3.97. The first-order chi connectivity index (χ1) is 8.58. The van der Waals surface area contributed by atoms with Gasteiger partial charge in [-0.3, -0.25) is 0 Å². The number of rotatable bonds is 8. The highest BCUT2D eigenvalue weighted by atomic mass is 16.5. The smallest absolute Gasteiger partial charge is 0.229 e. The lowest BCUT2D eigenvalue weighted by Crippen LogP contribution is -2.26. The maximum absolute atomic E-state index is 6.03. The molecule has 1 unspecified atom stereocenters. The second-order valence-corrected chi connectivity index (χ2v) is 5.13. The van der Waals surface area contributed by atoms with Crippen molar-refractivity contribution in [3.05, 3.63) is 11.7 Å². The van der Waals surface area contributed by atoms with Gasteiger partial charge >= 0.3 is 0 Å². The van der Waals surface area contributed by atoms with Gasteiger partial charge in [0, 0.05) is 12.5 Å². The van der Waals surface area contributed by atoms with Crippen molar-refractivity contribution >= 4 is 0 Å². The summed E-state index contributed by atoms with van der Waals surface area (Å²) >= 11 is 0. The Labute approximate surface area is 110 Å². The Bertz CT molecular complexity index is 331. The molecule has 0 amide bonds. The maximum atomic E-state index is 6.03. The first-order valence-corrected chi connectivity index (χ1v) is 6.82. The van der Waals surface area contributed by atoms with E-state index in [9.17, 15) is 0 Å². The highest BCUT2D eigenvalue weighted by molar-refractivity contribution is 4.98. The molecular weight excluding hydrogens is 228 g/mol. The fraction of sp³-hybridized carbons (Fsp3) is 0.846. The second-order valence-electron chi connectivity index (χ2n) is 5.13. The van der Waals surface area contributed by atoms with Gasteiger partial charge in [0.1, 0.15) is 0 Å². The summed E-state index contributed by atoms with van der Waals surface area (Å²) in [5, 5.41) is 4.02.